The molecule has 1 aliphatic heterocycles. The van der Waals surface area contributed by atoms with Gasteiger partial charge in [-0.25, -0.2) is 0 Å². The molecule has 0 bridgehead atoms. The highest BCUT2D eigenvalue weighted by molar-refractivity contribution is 5.69. The van der Waals surface area contributed by atoms with Crippen LogP contribution >= 0.6 is 0 Å². The second-order valence-electron chi connectivity index (χ2n) is 3.66. The van der Waals surface area contributed by atoms with E-state index in [1.165, 1.54) is 7.11 Å². The van der Waals surface area contributed by atoms with Crippen molar-refractivity contribution in [3.63, 3.8) is 0 Å². The zero-order valence-electron chi connectivity index (χ0n) is 8.99. The second kappa shape index (κ2) is 5.98. The lowest BCUT2D eigenvalue weighted by molar-refractivity contribution is -0.140. The van der Waals surface area contributed by atoms with Crippen molar-refractivity contribution in [1.29, 1.82) is 0 Å². The van der Waals surface area contributed by atoms with E-state index in [9.17, 15) is 4.79 Å². The third kappa shape index (κ3) is 4.07. The summed E-state index contributed by atoms with van der Waals surface area (Å²) < 4.78 is 10.0. The van der Waals surface area contributed by atoms with Gasteiger partial charge in [-0.3, -0.25) is 9.69 Å². The Kier molecular flexibility index (Phi) is 4.90. The van der Waals surface area contributed by atoms with Gasteiger partial charge in [0.2, 0.25) is 0 Å². The summed E-state index contributed by atoms with van der Waals surface area (Å²) in [5.74, 6) is -0.119. The monoisotopic (exact) mass is 201 g/mol. The lowest BCUT2D eigenvalue weighted by Crippen LogP contribution is -2.41. The summed E-state index contributed by atoms with van der Waals surface area (Å²) in [4.78, 5) is 13.2. The fourth-order valence-corrected chi connectivity index (χ4v) is 1.64. The fourth-order valence-electron chi connectivity index (χ4n) is 1.64. The summed E-state index contributed by atoms with van der Waals surface area (Å²) in [7, 11) is 1.43. The predicted octanol–water partition coefficient (Wildman–Crippen LogP) is 0.660. The van der Waals surface area contributed by atoms with Gasteiger partial charge >= 0.3 is 5.97 Å². The average Bonchev–Trinajstić information content (AvgIpc) is 2.17. The van der Waals surface area contributed by atoms with Gasteiger partial charge in [0.1, 0.15) is 0 Å². The van der Waals surface area contributed by atoms with Gasteiger partial charge in [-0.15, -0.1) is 0 Å². The number of rotatable bonds is 4. The van der Waals surface area contributed by atoms with Crippen LogP contribution < -0.4 is 0 Å². The number of methoxy groups -OCH3 is 1. The number of esters is 1. The van der Waals surface area contributed by atoms with Gasteiger partial charge < -0.3 is 9.47 Å². The standard InChI is InChI=1S/C10H19NO3/c1-9-8-11(6-7-14-9)5-3-4-10(12)13-2/h9H,3-8H2,1-2H3. The highest BCUT2D eigenvalue weighted by Crippen LogP contribution is 2.05. The Labute approximate surface area is 85.2 Å². The summed E-state index contributed by atoms with van der Waals surface area (Å²) in [5.41, 5.74) is 0. The molecule has 0 saturated carbocycles. The fraction of sp³-hybridized carbons (Fsp3) is 0.900. The van der Waals surface area contributed by atoms with Crippen molar-refractivity contribution in [2.45, 2.75) is 25.9 Å². The predicted molar refractivity (Wildman–Crippen MR) is 53.1 cm³/mol. The number of hydrogen-bond donors (Lipinski definition) is 0. The van der Waals surface area contributed by atoms with E-state index in [4.69, 9.17) is 4.74 Å². The molecule has 82 valence electrons. The Bertz CT molecular complexity index is 184. The zero-order valence-corrected chi connectivity index (χ0v) is 8.99. The number of morpholine rings is 1. The molecular weight excluding hydrogens is 182 g/mol. The van der Waals surface area contributed by atoms with Crippen molar-refractivity contribution in [2.75, 3.05) is 33.4 Å². The van der Waals surface area contributed by atoms with Crippen LogP contribution in [0.3, 0.4) is 0 Å². The van der Waals surface area contributed by atoms with Crippen LogP contribution in [-0.4, -0.2) is 50.3 Å². The van der Waals surface area contributed by atoms with Crippen molar-refractivity contribution >= 4 is 5.97 Å². The van der Waals surface area contributed by atoms with Crippen LogP contribution in [0.25, 0.3) is 0 Å². The van der Waals surface area contributed by atoms with Gasteiger partial charge in [-0.05, 0) is 19.9 Å². The highest BCUT2D eigenvalue weighted by Gasteiger charge is 2.16. The number of carbonyl (C=O) groups excluding carboxylic acids is 1. The number of hydrogen-bond acceptors (Lipinski definition) is 4. The van der Waals surface area contributed by atoms with E-state index in [2.05, 4.69) is 16.6 Å². The average molecular weight is 201 g/mol. The molecule has 0 aromatic carbocycles. The van der Waals surface area contributed by atoms with Gasteiger partial charge in [-0.1, -0.05) is 0 Å². The van der Waals surface area contributed by atoms with Crippen LogP contribution in [0.5, 0.6) is 0 Å². The molecule has 4 nitrogen and oxygen atoms in total. The smallest absolute Gasteiger partial charge is 0.305 e. The van der Waals surface area contributed by atoms with E-state index in [0.29, 0.717) is 12.5 Å². The zero-order chi connectivity index (χ0) is 10.4. The highest BCUT2D eigenvalue weighted by atomic mass is 16.5. The summed E-state index contributed by atoms with van der Waals surface area (Å²) >= 11 is 0. The van der Waals surface area contributed by atoms with Crippen LogP contribution in [0.2, 0.25) is 0 Å². The Balaban J connectivity index is 2.08. The topological polar surface area (TPSA) is 38.8 Å². The molecule has 1 unspecified atom stereocenters. The van der Waals surface area contributed by atoms with Crippen LogP contribution in [0, 0.1) is 0 Å². The molecule has 14 heavy (non-hydrogen) atoms. The Morgan fingerprint density at radius 3 is 3.07 bits per heavy atom. The SMILES string of the molecule is COC(=O)CCCN1CCOC(C)C1. The van der Waals surface area contributed by atoms with Gasteiger partial charge in [0.25, 0.3) is 0 Å². The van der Waals surface area contributed by atoms with E-state index in [1.807, 2.05) is 0 Å². The first-order chi connectivity index (χ1) is 6.72. The van der Waals surface area contributed by atoms with E-state index in [0.717, 1.165) is 32.7 Å². The molecule has 1 aliphatic rings. The first-order valence-electron chi connectivity index (χ1n) is 5.13. The molecule has 4 heteroatoms. The van der Waals surface area contributed by atoms with Crippen LogP contribution in [0.1, 0.15) is 19.8 Å². The molecule has 0 N–H and O–H groups in total. The van der Waals surface area contributed by atoms with Crippen molar-refractivity contribution in [1.82, 2.24) is 4.90 Å². The Morgan fingerprint density at radius 1 is 1.64 bits per heavy atom. The van der Waals surface area contributed by atoms with Gasteiger partial charge in [0, 0.05) is 19.5 Å². The molecule has 0 amide bonds. The summed E-state index contributed by atoms with van der Waals surface area (Å²) in [6.07, 6.45) is 1.71. The Morgan fingerprint density at radius 2 is 2.43 bits per heavy atom. The van der Waals surface area contributed by atoms with Gasteiger partial charge in [-0.2, -0.15) is 0 Å². The summed E-state index contributed by atoms with van der Waals surface area (Å²) in [6, 6.07) is 0. The molecule has 1 fully saturated rings. The van der Waals surface area contributed by atoms with E-state index >= 15 is 0 Å². The molecule has 1 atom stereocenters. The normalized spacial score (nSPS) is 23.4. The minimum absolute atomic E-state index is 0.119. The van der Waals surface area contributed by atoms with Crippen molar-refractivity contribution in [2.24, 2.45) is 0 Å². The third-order valence-electron chi connectivity index (χ3n) is 2.41. The van der Waals surface area contributed by atoms with E-state index < -0.39 is 0 Å². The minimum atomic E-state index is -0.119. The first-order valence-corrected chi connectivity index (χ1v) is 5.13. The number of ether oxygens (including phenoxy) is 2. The molecule has 0 aromatic heterocycles. The number of carbonyl (C=O) groups is 1. The lowest BCUT2D eigenvalue weighted by Gasteiger charge is -2.30. The maximum atomic E-state index is 10.9. The molecule has 0 aliphatic carbocycles. The molecule has 0 spiro atoms. The molecule has 1 saturated heterocycles. The van der Waals surface area contributed by atoms with Crippen molar-refractivity contribution < 1.29 is 14.3 Å². The second-order valence-corrected chi connectivity index (χ2v) is 3.66. The Hall–Kier alpha value is -0.610. The lowest BCUT2D eigenvalue weighted by atomic mass is 10.2. The molecule has 0 radical (unpaired) electrons. The quantitative estimate of drug-likeness (QED) is 0.626. The number of nitrogens with zero attached hydrogens (tertiary/aromatic N) is 1. The maximum Gasteiger partial charge on any atom is 0.305 e. The van der Waals surface area contributed by atoms with Crippen molar-refractivity contribution in [3.05, 3.63) is 0 Å². The molecule has 0 aromatic rings. The molecule has 1 rings (SSSR count). The van der Waals surface area contributed by atoms with Crippen LogP contribution in [0.4, 0.5) is 0 Å². The summed E-state index contributed by atoms with van der Waals surface area (Å²) in [5, 5.41) is 0. The first kappa shape index (κ1) is 11.5. The van der Waals surface area contributed by atoms with Crippen LogP contribution in [-0.2, 0) is 14.3 Å². The minimum Gasteiger partial charge on any atom is -0.469 e. The van der Waals surface area contributed by atoms with E-state index in [1.54, 1.807) is 0 Å². The van der Waals surface area contributed by atoms with Gasteiger partial charge in [0.05, 0.1) is 19.8 Å². The molecule has 1 heterocycles. The maximum absolute atomic E-state index is 10.9. The summed E-state index contributed by atoms with van der Waals surface area (Å²) in [6.45, 7) is 5.79. The van der Waals surface area contributed by atoms with E-state index in [-0.39, 0.29) is 5.97 Å². The largest absolute Gasteiger partial charge is 0.469 e. The molecular formula is C10H19NO3. The van der Waals surface area contributed by atoms with Crippen molar-refractivity contribution in [3.8, 4) is 0 Å². The van der Waals surface area contributed by atoms with Gasteiger partial charge in [0.15, 0.2) is 0 Å². The van der Waals surface area contributed by atoms with Crippen LogP contribution in [0.15, 0.2) is 0 Å². The third-order valence-corrected chi connectivity index (χ3v) is 2.41.